The van der Waals surface area contributed by atoms with E-state index in [2.05, 4.69) is 20.8 Å². The summed E-state index contributed by atoms with van der Waals surface area (Å²) in [6, 6.07) is 13.7. The van der Waals surface area contributed by atoms with E-state index in [1.165, 1.54) is 0 Å². The van der Waals surface area contributed by atoms with Crippen LogP contribution in [0, 0.1) is 5.92 Å². The number of aromatic nitrogens is 1. The van der Waals surface area contributed by atoms with Crippen molar-refractivity contribution in [3.63, 3.8) is 0 Å². The summed E-state index contributed by atoms with van der Waals surface area (Å²) in [5.41, 5.74) is 1.01. The molecule has 0 radical (unpaired) electrons. The maximum Gasteiger partial charge on any atom is 0.293 e. The fraction of sp³-hybridized carbons (Fsp3) is 0.421. The largest absolute Gasteiger partial charge is 0.483 e. The van der Waals surface area contributed by atoms with Crippen LogP contribution in [0.5, 0.6) is 5.75 Å². The van der Waals surface area contributed by atoms with Gasteiger partial charge in [-0.2, -0.15) is 0 Å². The van der Waals surface area contributed by atoms with E-state index in [1.54, 1.807) is 10.6 Å². The Morgan fingerprint density at radius 3 is 2.50 bits per heavy atom. The highest BCUT2D eigenvalue weighted by Crippen LogP contribution is 2.19. The van der Waals surface area contributed by atoms with Crippen LogP contribution < -0.4 is 10.3 Å². The second-order valence-electron chi connectivity index (χ2n) is 5.96. The maximum absolute atomic E-state index is 12.5. The minimum Gasteiger partial charge on any atom is -0.483 e. The molecule has 1 heterocycles. The highest BCUT2D eigenvalue weighted by Gasteiger charge is 2.13. The lowest BCUT2D eigenvalue weighted by Crippen LogP contribution is -2.25. The third kappa shape index (κ3) is 4.23. The second-order valence-corrected chi connectivity index (χ2v) is 5.96. The van der Waals surface area contributed by atoms with Crippen LogP contribution in [0.25, 0.3) is 0 Å². The summed E-state index contributed by atoms with van der Waals surface area (Å²) in [4.78, 5) is 12.5. The molecule has 0 amide bonds. The van der Waals surface area contributed by atoms with Gasteiger partial charge in [0.25, 0.3) is 5.56 Å². The van der Waals surface area contributed by atoms with Gasteiger partial charge in [0.15, 0.2) is 5.75 Å². The van der Waals surface area contributed by atoms with Gasteiger partial charge >= 0.3 is 0 Å². The molecular weight excluding hydrogens is 274 g/mol. The van der Waals surface area contributed by atoms with Crippen LogP contribution in [0.15, 0.2) is 53.5 Å². The first kappa shape index (κ1) is 16.3. The first-order valence-corrected chi connectivity index (χ1v) is 7.99. The lowest BCUT2D eigenvalue weighted by Gasteiger charge is -2.19. The highest BCUT2D eigenvalue weighted by molar-refractivity contribution is 5.20. The maximum atomic E-state index is 12.5. The number of ether oxygens (including phenoxy) is 1. The average molecular weight is 299 g/mol. The zero-order valence-electron chi connectivity index (χ0n) is 13.7. The normalized spacial score (nSPS) is 13.6. The van der Waals surface area contributed by atoms with Crippen molar-refractivity contribution in [2.24, 2.45) is 5.92 Å². The molecule has 2 atom stereocenters. The van der Waals surface area contributed by atoms with Gasteiger partial charge in [0.2, 0.25) is 0 Å². The van der Waals surface area contributed by atoms with E-state index in [4.69, 9.17) is 4.74 Å². The van der Waals surface area contributed by atoms with E-state index in [0.717, 1.165) is 18.4 Å². The standard InChI is InChI=1S/C19H25NO2/c1-4-15(2)13-16(3)20-12-8-11-18(19(20)21)22-14-17-9-6-5-7-10-17/h5-12,15-16H,4,13-14H2,1-3H3. The molecule has 0 saturated heterocycles. The molecule has 0 bridgehead atoms. The monoisotopic (exact) mass is 299 g/mol. The molecular formula is C19H25NO2. The number of nitrogens with zero attached hydrogens (tertiary/aromatic N) is 1. The van der Waals surface area contributed by atoms with Crippen LogP contribution in [-0.4, -0.2) is 4.57 Å². The quantitative estimate of drug-likeness (QED) is 0.757. The van der Waals surface area contributed by atoms with E-state index in [9.17, 15) is 4.79 Å². The molecule has 0 aliphatic heterocycles. The van der Waals surface area contributed by atoms with Crippen molar-refractivity contribution in [1.82, 2.24) is 4.57 Å². The molecule has 1 aromatic heterocycles. The molecule has 0 spiro atoms. The van der Waals surface area contributed by atoms with E-state index in [1.807, 2.05) is 42.6 Å². The summed E-state index contributed by atoms with van der Waals surface area (Å²) < 4.78 is 7.50. The first-order chi connectivity index (χ1) is 10.6. The molecule has 0 aliphatic rings. The number of hydrogen-bond donors (Lipinski definition) is 0. The first-order valence-electron chi connectivity index (χ1n) is 7.99. The number of rotatable bonds is 7. The third-order valence-electron chi connectivity index (χ3n) is 4.09. The van der Waals surface area contributed by atoms with Gasteiger partial charge in [0.1, 0.15) is 6.61 Å². The highest BCUT2D eigenvalue weighted by atomic mass is 16.5. The van der Waals surface area contributed by atoms with Gasteiger partial charge < -0.3 is 9.30 Å². The Labute approximate surface area is 132 Å². The van der Waals surface area contributed by atoms with Gasteiger partial charge in [-0.15, -0.1) is 0 Å². The van der Waals surface area contributed by atoms with Crippen LogP contribution in [-0.2, 0) is 6.61 Å². The summed E-state index contributed by atoms with van der Waals surface area (Å²) in [6.45, 7) is 6.91. The molecule has 3 nitrogen and oxygen atoms in total. The van der Waals surface area contributed by atoms with Crippen molar-refractivity contribution in [2.45, 2.75) is 46.3 Å². The van der Waals surface area contributed by atoms with Crippen LogP contribution in [0.1, 0.15) is 45.2 Å². The Kier molecular flexibility index (Phi) is 5.82. The summed E-state index contributed by atoms with van der Waals surface area (Å²) in [7, 11) is 0. The fourth-order valence-electron chi connectivity index (χ4n) is 2.54. The molecule has 2 rings (SSSR count). The van der Waals surface area contributed by atoms with E-state index < -0.39 is 0 Å². The van der Waals surface area contributed by atoms with Gasteiger partial charge in [-0.1, -0.05) is 50.6 Å². The minimum absolute atomic E-state index is 0.0470. The van der Waals surface area contributed by atoms with Gasteiger partial charge in [-0.3, -0.25) is 4.79 Å². The van der Waals surface area contributed by atoms with Crippen molar-refractivity contribution in [3.8, 4) is 5.75 Å². The van der Waals surface area contributed by atoms with Crippen molar-refractivity contribution in [3.05, 3.63) is 64.6 Å². The van der Waals surface area contributed by atoms with Gasteiger partial charge in [0, 0.05) is 12.2 Å². The van der Waals surface area contributed by atoms with Gasteiger partial charge in [0.05, 0.1) is 0 Å². The molecule has 0 fully saturated rings. The Bertz CT molecular complexity index is 633. The lowest BCUT2D eigenvalue weighted by atomic mass is 10.0. The summed E-state index contributed by atoms with van der Waals surface area (Å²) in [5, 5.41) is 0. The van der Waals surface area contributed by atoms with E-state index in [0.29, 0.717) is 18.3 Å². The molecule has 2 aromatic rings. The second kappa shape index (κ2) is 7.83. The van der Waals surface area contributed by atoms with Crippen molar-refractivity contribution in [1.29, 1.82) is 0 Å². The Hall–Kier alpha value is -2.03. The Balaban J connectivity index is 2.10. The number of benzene rings is 1. The fourth-order valence-corrected chi connectivity index (χ4v) is 2.54. The summed E-state index contributed by atoms with van der Waals surface area (Å²) in [6.07, 6.45) is 3.98. The molecule has 0 N–H and O–H groups in total. The zero-order valence-corrected chi connectivity index (χ0v) is 13.7. The smallest absolute Gasteiger partial charge is 0.293 e. The molecule has 0 aliphatic carbocycles. The van der Waals surface area contributed by atoms with Crippen molar-refractivity contribution in [2.75, 3.05) is 0 Å². The zero-order chi connectivity index (χ0) is 15.9. The van der Waals surface area contributed by atoms with Crippen LogP contribution in [0.2, 0.25) is 0 Å². The van der Waals surface area contributed by atoms with Gasteiger partial charge in [-0.25, -0.2) is 0 Å². The minimum atomic E-state index is -0.0470. The summed E-state index contributed by atoms with van der Waals surface area (Å²) in [5.74, 6) is 1.03. The van der Waals surface area contributed by atoms with Crippen LogP contribution in [0.4, 0.5) is 0 Å². The van der Waals surface area contributed by atoms with E-state index >= 15 is 0 Å². The average Bonchev–Trinajstić information content (AvgIpc) is 2.54. The predicted molar refractivity (Wildman–Crippen MR) is 90.3 cm³/mol. The lowest BCUT2D eigenvalue weighted by molar-refractivity contribution is 0.294. The molecule has 1 aromatic carbocycles. The molecule has 0 saturated carbocycles. The molecule has 3 heteroatoms. The Morgan fingerprint density at radius 2 is 1.82 bits per heavy atom. The van der Waals surface area contributed by atoms with Crippen LogP contribution in [0.3, 0.4) is 0 Å². The van der Waals surface area contributed by atoms with Crippen LogP contribution >= 0.6 is 0 Å². The van der Waals surface area contributed by atoms with Gasteiger partial charge in [-0.05, 0) is 37.0 Å². The van der Waals surface area contributed by atoms with E-state index in [-0.39, 0.29) is 11.6 Å². The topological polar surface area (TPSA) is 31.2 Å². The Morgan fingerprint density at radius 1 is 1.09 bits per heavy atom. The predicted octanol–water partition coefficient (Wildman–Crippen LogP) is 4.42. The SMILES string of the molecule is CCC(C)CC(C)n1cccc(OCc2ccccc2)c1=O. The van der Waals surface area contributed by atoms with Crippen molar-refractivity contribution >= 4 is 0 Å². The molecule has 118 valence electrons. The number of hydrogen-bond acceptors (Lipinski definition) is 2. The molecule has 22 heavy (non-hydrogen) atoms. The number of pyridine rings is 1. The molecule has 2 unspecified atom stereocenters. The summed E-state index contributed by atoms with van der Waals surface area (Å²) >= 11 is 0. The third-order valence-corrected chi connectivity index (χ3v) is 4.09. The van der Waals surface area contributed by atoms with Crippen molar-refractivity contribution < 1.29 is 4.74 Å².